The summed E-state index contributed by atoms with van der Waals surface area (Å²) in [5, 5.41) is 5.89. The minimum atomic E-state index is -0.866. The van der Waals surface area contributed by atoms with Crippen LogP contribution in [0.1, 0.15) is 48.0 Å². The van der Waals surface area contributed by atoms with Crippen LogP contribution in [0, 0.1) is 5.82 Å². The Morgan fingerprint density at radius 2 is 1.88 bits per heavy atom. The third-order valence-electron chi connectivity index (χ3n) is 4.97. The number of halogens is 1. The first-order valence-corrected chi connectivity index (χ1v) is 10.8. The summed E-state index contributed by atoms with van der Waals surface area (Å²) in [7, 11) is 0. The molecule has 0 heterocycles. The van der Waals surface area contributed by atoms with Crippen LogP contribution in [0.25, 0.3) is 0 Å². The van der Waals surface area contributed by atoms with E-state index < -0.39 is 11.9 Å². The Kier molecular flexibility index (Phi) is 11.2. The molecule has 0 aliphatic carbocycles. The third kappa shape index (κ3) is 8.31. The fraction of sp³-hybridized carbons (Fsp3) is 0.400. The Labute approximate surface area is 195 Å². The van der Waals surface area contributed by atoms with Crippen molar-refractivity contribution in [1.29, 1.82) is 0 Å². The standard InChI is InChI=1S/C25H35FN4O3/c1-8-28-24(23(15(2)3)17(5)16(4)18(6)31)30-21-11-10-20(26)14-22(21)33-19(7)25(32)29-13-9-12-27/h8,10-11,14,19H,1,9,12-13,27H2,2-7H3,(H,28,30)(H,29,32)/b17-16+. The zero-order valence-corrected chi connectivity index (χ0v) is 20.3. The number of nitrogens with zero attached hydrogens (tertiary/aromatic N) is 1. The van der Waals surface area contributed by atoms with Gasteiger partial charge in [0, 0.05) is 24.4 Å². The molecular weight excluding hydrogens is 423 g/mol. The molecule has 0 spiro atoms. The van der Waals surface area contributed by atoms with Gasteiger partial charge < -0.3 is 21.1 Å². The second-order valence-corrected chi connectivity index (χ2v) is 7.80. The Hall–Kier alpha value is -3.26. The van der Waals surface area contributed by atoms with Crippen molar-refractivity contribution in [2.45, 2.75) is 54.1 Å². The van der Waals surface area contributed by atoms with Crippen molar-refractivity contribution < 1.29 is 18.7 Å². The largest absolute Gasteiger partial charge is 0.479 e. The smallest absolute Gasteiger partial charge is 0.260 e. The number of hydrogen-bond donors (Lipinski definition) is 3. The van der Waals surface area contributed by atoms with Crippen LogP contribution < -0.4 is 21.1 Å². The molecule has 8 heteroatoms. The van der Waals surface area contributed by atoms with E-state index in [9.17, 15) is 14.0 Å². The lowest BCUT2D eigenvalue weighted by Crippen LogP contribution is -2.37. The van der Waals surface area contributed by atoms with Gasteiger partial charge in [-0.1, -0.05) is 12.2 Å². The minimum Gasteiger partial charge on any atom is -0.479 e. The topological polar surface area (TPSA) is 106 Å². The number of anilines is 1. The molecule has 0 aliphatic rings. The second-order valence-electron chi connectivity index (χ2n) is 7.80. The first kappa shape index (κ1) is 27.8. The lowest BCUT2D eigenvalue weighted by atomic mass is 9.95. The Morgan fingerprint density at radius 3 is 2.42 bits per heavy atom. The number of ether oxygens (including phenoxy) is 1. The van der Waals surface area contributed by atoms with Crippen molar-refractivity contribution in [2.24, 2.45) is 10.7 Å². The lowest BCUT2D eigenvalue weighted by Gasteiger charge is -2.21. The van der Waals surface area contributed by atoms with Gasteiger partial charge in [0.05, 0.1) is 5.69 Å². The number of amidine groups is 1. The fourth-order valence-electron chi connectivity index (χ4n) is 3.02. The van der Waals surface area contributed by atoms with Crippen LogP contribution in [0.15, 0.2) is 58.3 Å². The van der Waals surface area contributed by atoms with Crippen LogP contribution in [-0.4, -0.2) is 36.7 Å². The van der Waals surface area contributed by atoms with Crippen LogP contribution in [0.4, 0.5) is 10.1 Å². The summed E-state index contributed by atoms with van der Waals surface area (Å²) in [6.45, 7) is 15.1. The maximum Gasteiger partial charge on any atom is 0.260 e. The van der Waals surface area contributed by atoms with E-state index in [-0.39, 0.29) is 17.4 Å². The van der Waals surface area contributed by atoms with Crippen LogP contribution in [0.2, 0.25) is 0 Å². The van der Waals surface area contributed by atoms with E-state index in [1.807, 2.05) is 20.8 Å². The highest BCUT2D eigenvalue weighted by Crippen LogP contribution is 2.29. The van der Waals surface area contributed by atoms with Crippen LogP contribution in [0.3, 0.4) is 0 Å². The summed E-state index contributed by atoms with van der Waals surface area (Å²) in [6, 6.07) is 3.98. The van der Waals surface area contributed by atoms with Gasteiger partial charge in [-0.05, 0) is 77.8 Å². The van der Waals surface area contributed by atoms with E-state index in [2.05, 4.69) is 22.2 Å². The molecule has 180 valence electrons. The predicted molar refractivity (Wildman–Crippen MR) is 132 cm³/mol. The maximum atomic E-state index is 14.0. The van der Waals surface area contributed by atoms with Gasteiger partial charge in [-0.25, -0.2) is 9.38 Å². The van der Waals surface area contributed by atoms with Gasteiger partial charge in [0.15, 0.2) is 11.9 Å². The fourth-order valence-corrected chi connectivity index (χ4v) is 3.02. The highest BCUT2D eigenvalue weighted by atomic mass is 19.1. The number of nitrogens with one attached hydrogen (secondary N) is 2. The summed E-state index contributed by atoms with van der Waals surface area (Å²) in [5.41, 5.74) is 8.86. The molecule has 7 nitrogen and oxygen atoms in total. The molecule has 1 aromatic carbocycles. The molecule has 33 heavy (non-hydrogen) atoms. The molecule has 1 atom stereocenters. The Morgan fingerprint density at radius 1 is 1.21 bits per heavy atom. The highest BCUT2D eigenvalue weighted by Gasteiger charge is 2.20. The number of rotatable bonds is 11. The highest BCUT2D eigenvalue weighted by molar-refractivity contribution is 6.13. The zero-order chi connectivity index (χ0) is 25.1. The lowest BCUT2D eigenvalue weighted by molar-refractivity contribution is -0.127. The number of hydrogen-bond acceptors (Lipinski definition) is 5. The van der Waals surface area contributed by atoms with Crippen molar-refractivity contribution in [3.63, 3.8) is 0 Å². The Balaban J connectivity index is 3.35. The van der Waals surface area contributed by atoms with E-state index in [0.29, 0.717) is 36.6 Å². The molecule has 0 bridgehead atoms. The van der Waals surface area contributed by atoms with E-state index in [1.54, 1.807) is 13.8 Å². The first-order valence-electron chi connectivity index (χ1n) is 10.8. The first-order chi connectivity index (χ1) is 15.5. The van der Waals surface area contributed by atoms with E-state index >= 15 is 0 Å². The SMILES string of the molecule is C=CN=C(Nc1ccc(F)cc1OC(C)C(=O)NCCCN)C(=C(C)C)/C(C)=C(\C)C(C)=O. The normalized spacial score (nSPS) is 12.9. The van der Waals surface area contributed by atoms with Crippen molar-refractivity contribution in [3.05, 3.63) is 59.1 Å². The molecule has 0 aromatic heterocycles. The number of amides is 1. The molecule has 0 saturated heterocycles. The number of carbonyl (C=O) groups excluding carboxylic acids is 2. The zero-order valence-electron chi connectivity index (χ0n) is 20.3. The molecule has 0 fully saturated rings. The van der Waals surface area contributed by atoms with Crippen LogP contribution in [0.5, 0.6) is 5.75 Å². The number of allylic oxidation sites excluding steroid dienone is 2. The van der Waals surface area contributed by atoms with E-state index in [1.165, 1.54) is 31.3 Å². The van der Waals surface area contributed by atoms with Gasteiger partial charge in [0.2, 0.25) is 0 Å². The third-order valence-corrected chi connectivity index (χ3v) is 4.97. The summed E-state index contributed by atoms with van der Waals surface area (Å²) < 4.78 is 19.8. The molecule has 1 rings (SSSR count). The van der Waals surface area contributed by atoms with Crippen molar-refractivity contribution in [3.8, 4) is 5.75 Å². The summed E-state index contributed by atoms with van der Waals surface area (Å²) >= 11 is 0. The van der Waals surface area contributed by atoms with Gasteiger partial charge in [0.1, 0.15) is 17.4 Å². The molecule has 4 N–H and O–H groups in total. The van der Waals surface area contributed by atoms with Gasteiger partial charge in [-0.2, -0.15) is 0 Å². The summed E-state index contributed by atoms with van der Waals surface area (Å²) in [6.07, 6.45) is 1.15. The number of carbonyl (C=O) groups is 2. The quantitative estimate of drug-likeness (QED) is 0.151. The minimum absolute atomic E-state index is 0.0514. The van der Waals surface area contributed by atoms with Crippen molar-refractivity contribution in [1.82, 2.24) is 5.32 Å². The summed E-state index contributed by atoms with van der Waals surface area (Å²) in [5.74, 6) is -0.339. The maximum absolute atomic E-state index is 14.0. The number of ketones is 1. The van der Waals surface area contributed by atoms with Gasteiger partial charge in [-0.3, -0.25) is 9.59 Å². The summed E-state index contributed by atoms with van der Waals surface area (Å²) in [4.78, 5) is 28.6. The van der Waals surface area contributed by atoms with Gasteiger partial charge in [-0.15, -0.1) is 0 Å². The Bertz CT molecular complexity index is 976. The number of Topliss-reactive ketones (excluding diaryl/α,β-unsaturated/α-hetero) is 1. The second kappa shape index (κ2) is 13.3. The molecular formula is C25H35FN4O3. The molecule has 0 saturated carbocycles. The average Bonchev–Trinajstić information content (AvgIpc) is 2.74. The molecule has 1 aromatic rings. The molecule has 1 unspecified atom stereocenters. The average molecular weight is 459 g/mol. The van der Waals surface area contributed by atoms with E-state index in [0.717, 1.165) is 16.7 Å². The molecule has 0 radical (unpaired) electrons. The van der Waals surface area contributed by atoms with Crippen molar-refractivity contribution in [2.75, 3.05) is 18.4 Å². The van der Waals surface area contributed by atoms with Crippen molar-refractivity contribution >= 4 is 23.2 Å². The number of nitrogens with two attached hydrogens (primary N) is 1. The van der Waals surface area contributed by atoms with Gasteiger partial charge >= 0.3 is 0 Å². The monoisotopic (exact) mass is 458 g/mol. The predicted octanol–water partition coefficient (Wildman–Crippen LogP) is 4.27. The van der Waals surface area contributed by atoms with Gasteiger partial charge in [0.25, 0.3) is 5.91 Å². The number of benzene rings is 1. The molecule has 1 amide bonds. The van der Waals surface area contributed by atoms with E-state index in [4.69, 9.17) is 10.5 Å². The van der Waals surface area contributed by atoms with Crippen LogP contribution >= 0.6 is 0 Å². The molecule has 0 aliphatic heterocycles. The van der Waals surface area contributed by atoms with Crippen LogP contribution in [-0.2, 0) is 9.59 Å². The number of aliphatic imine (C=N–C) groups is 1.